The van der Waals surface area contributed by atoms with Crippen LogP contribution in [-0.2, 0) is 0 Å². The van der Waals surface area contributed by atoms with Gasteiger partial charge in [0.05, 0.1) is 6.61 Å². The van der Waals surface area contributed by atoms with Gasteiger partial charge in [-0.15, -0.1) is 0 Å². The summed E-state index contributed by atoms with van der Waals surface area (Å²) in [5.74, 6) is 0. The second-order valence-corrected chi connectivity index (χ2v) is 1.37. The fourth-order valence-corrected chi connectivity index (χ4v) is 0.308. The average molecular weight is 101 g/mol. The van der Waals surface area contributed by atoms with Gasteiger partial charge in [-0.1, -0.05) is 12.2 Å². The van der Waals surface area contributed by atoms with Gasteiger partial charge in [0.1, 0.15) is 0 Å². The van der Waals surface area contributed by atoms with Crippen LogP contribution in [0, 0.1) is 0 Å². The molecule has 0 rings (SSSR count). The first-order valence-electron chi connectivity index (χ1n) is 2.30. The van der Waals surface area contributed by atoms with Gasteiger partial charge in [0.15, 0.2) is 0 Å². The zero-order valence-corrected chi connectivity index (χ0v) is 4.46. The molecule has 1 unspecified atom stereocenters. The maximum absolute atomic E-state index is 8.29. The lowest BCUT2D eigenvalue weighted by molar-refractivity contribution is 0.284. The summed E-state index contributed by atoms with van der Waals surface area (Å²) in [5.41, 5.74) is 5.25. The zero-order chi connectivity index (χ0) is 5.70. The van der Waals surface area contributed by atoms with Gasteiger partial charge in [-0.3, -0.25) is 0 Å². The summed E-state index contributed by atoms with van der Waals surface area (Å²) in [4.78, 5) is 0. The van der Waals surface area contributed by atoms with E-state index >= 15 is 0 Å². The molecule has 1 atom stereocenters. The Morgan fingerprint density at radius 3 is 2.57 bits per heavy atom. The summed E-state index contributed by atoms with van der Waals surface area (Å²) in [7, 11) is 0. The fourth-order valence-electron chi connectivity index (χ4n) is 0.308. The van der Waals surface area contributed by atoms with Crippen molar-refractivity contribution in [1.29, 1.82) is 0 Å². The Hall–Kier alpha value is -0.340. The van der Waals surface area contributed by atoms with Crippen molar-refractivity contribution in [2.45, 2.75) is 13.0 Å². The Labute approximate surface area is 43.6 Å². The number of nitrogens with two attached hydrogens (primary N) is 1. The molecular weight excluding hydrogens is 90.1 g/mol. The van der Waals surface area contributed by atoms with Crippen molar-refractivity contribution in [2.75, 3.05) is 6.61 Å². The van der Waals surface area contributed by atoms with Crippen LogP contribution in [0.3, 0.4) is 0 Å². The lowest BCUT2D eigenvalue weighted by Crippen LogP contribution is -2.20. The number of hydrogen-bond acceptors (Lipinski definition) is 2. The van der Waals surface area contributed by atoms with Gasteiger partial charge in [-0.2, -0.15) is 0 Å². The van der Waals surface area contributed by atoms with Gasteiger partial charge >= 0.3 is 0 Å². The molecule has 0 bridgehead atoms. The average Bonchev–Trinajstić information content (AvgIpc) is 1.68. The Balaban J connectivity index is 3.16. The van der Waals surface area contributed by atoms with Crippen LogP contribution in [0.25, 0.3) is 0 Å². The number of hydrogen-bond donors (Lipinski definition) is 2. The van der Waals surface area contributed by atoms with Crippen molar-refractivity contribution in [3.8, 4) is 0 Å². The minimum Gasteiger partial charge on any atom is -0.394 e. The third kappa shape index (κ3) is 3.49. The van der Waals surface area contributed by atoms with Gasteiger partial charge in [0, 0.05) is 6.04 Å². The Bertz CT molecular complexity index is 61.1. The molecule has 0 aliphatic carbocycles. The first-order chi connectivity index (χ1) is 3.31. The minimum atomic E-state index is -0.176. The first-order valence-corrected chi connectivity index (χ1v) is 2.30. The molecule has 2 nitrogen and oxygen atoms in total. The maximum atomic E-state index is 8.29. The number of rotatable bonds is 2. The van der Waals surface area contributed by atoms with E-state index in [1.165, 1.54) is 0 Å². The quantitative estimate of drug-likeness (QED) is 0.476. The number of aliphatic hydroxyl groups is 1. The Morgan fingerprint density at radius 2 is 2.43 bits per heavy atom. The second kappa shape index (κ2) is 3.84. The molecule has 0 aromatic rings. The summed E-state index contributed by atoms with van der Waals surface area (Å²) >= 11 is 0. The van der Waals surface area contributed by atoms with Crippen molar-refractivity contribution in [1.82, 2.24) is 0 Å². The van der Waals surface area contributed by atoms with E-state index in [-0.39, 0.29) is 12.6 Å². The monoisotopic (exact) mass is 101 g/mol. The van der Waals surface area contributed by atoms with E-state index in [4.69, 9.17) is 10.8 Å². The predicted octanol–water partition coefficient (Wildman–Crippen LogP) is -0.118. The smallest absolute Gasteiger partial charge is 0.0618 e. The molecule has 0 aliphatic rings. The van der Waals surface area contributed by atoms with Crippen molar-refractivity contribution in [3.63, 3.8) is 0 Å². The highest BCUT2D eigenvalue weighted by Gasteiger charge is 1.87. The molecule has 0 spiro atoms. The molecule has 0 aliphatic heterocycles. The molecule has 2 heteroatoms. The molecule has 0 saturated carbocycles. The van der Waals surface area contributed by atoms with E-state index in [1.807, 2.05) is 13.0 Å². The van der Waals surface area contributed by atoms with E-state index in [9.17, 15) is 0 Å². The summed E-state index contributed by atoms with van der Waals surface area (Å²) in [5, 5.41) is 8.29. The molecule has 0 radical (unpaired) electrons. The van der Waals surface area contributed by atoms with Gasteiger partial charge < -0.3 is 10.8 Å². The summed E-state index contributed by atoms with van der Waals surface area (Å²) in [6.45, 7) is 1.90. The second-order valence-electron chi connectivity index (χ2n) is 1.37. The van der Waals surface area contributed by atoms with E-state index < -0.39 is 0 Å². The van der Waals surface area contributed by atoms with Gasteiger partial charge in [-0.05, 0) is 6.92 Å². The van der Waals surface area contributed by atoms with Crippen LogP contribution in [0.1, 0.15) is 6.92 Å². The topological polar surface area (TPSA) is 46.2 Å². The third-order valence-corrected chi connectivity index (χ3v) is 0.650. The molecular formula is C5H11NO. The van der Waals surface area contributed by atoms with Crippen molar-refractivity contribution in [3.05, 3.63) is 12.2 Å². The van der Waals surface area contributed by atoms with Crippen molar-refractivity contribution < 1.29 is 5.11 Å². The van der Waals surface area contributed by atoms with Gasteiger partial charge in [-0.25, -0.2) is 0 Å². The largest absolute Gasteiger partial charge is 0.394 e. The zero-order valence-electron chi connectivity index (χ0n) is 4.46. The normalized spacial score (nSPS) is 15.3. The highest BCUT2D eigenvalue weighted by molar-refractivity contribution is 4.87. The molecule has 3 N–H and O–H groups in total. The minimum absolute atomic E-state index is 0.0321. The fraction of sp³-hybridized carbons (Fsp3) is 0.600. The molecule has 42 valence electrons. The molecule has 7 heavy (non-hydrogen) atoms. The Morgan fingerprint density at radius 1 is 1.86 bits per heavy atom. The number of allylic oxidation sites excluding steroid dienone is 1. The van der Waals surface area contributed by atoms with Crippen LogP contribution in [0.2, 0.25) is 0 Å². The summed E-state index contributed by atoms with van der Waals surface area (Å²) in [6, 6.07) is -0.176. The SMILES string of the molecule is CC=CC(N)CO. The lowest BCUT2D eigenvalue weighted by Gasteiger charge is -1.95. The first kappa shape index (κ1) is 6.66. The molecule has 0 saturated heterocycles. The van der Waals surface area contributed by atoms with Crippen LogP contribution in [0.5, 0.6) is 0 Å². The standard InChI is InChI=1S/C5H11NO/c1-2-3-5(6)4-7/h2-3,5,7H,4,6H2,1H3. The third-order valence-electron chi connectivity index (χ3n) is 0.650. The van der Waals surface area contributed by atoms with Crippen LogP contribution in [0.15, 0.2) is 12.2 Å². The van der Waals surface area contributed by atoms with Gasteiger partial charge in [0.2, 0.25) is 0 Å². The highest BCUT2D eigenvalue weighted by Crippen LogP contribution is 1.76. The van der Waals surface area contributed by atoms with E-state index in [0.717, 1.165) is 0 Å². The molecule has 0 aromatic heterocycles. The van der Waals surface area contributed by atoms with Crippen LogP contribution >= 0.6 is 0 Å². The summed E-state index contributed by atoms with van der Waals surface area (Å²) < 4.78 is 0. The van der Waals surface area contributed by atoms with E-state index in [0.29, 0.717) is 0 Å². The van der Waals surface area contributed by atoms with E-state index in [2.05, 4.69) is 0 Å². The van der Waals surface area contributed by atoms with E-state index in [1.54, 1.807) is 6.08 Å². The molecule has 0 aromatic carbocycles. The lowest BCUT2D eigenvalue weighted by atomic mass is 10.3. The molecule has 0 heterocycles. The molecule has 0 fully saturated rings. The van der Waals surface area contributed by atoms with Crippen molar-refractivity contribution in [2.24, 2.45) is 5.73 Å². The van der Waals surface area contributed by atoms with Crippen LogP contribution < -0.4 is 5.73 Å². The van der Waals surface area contributed by atoms with Crippen molar-refractivity contribution >= 4 is 0 Å². The maximum Gasteiger partial charge on any atom is 0.0618 e. The summed E-state index contributed by atoms with van der Waals surface area (Å²) in [6.07, 6.45) is 3.57. The van der Waals surface area contributed by atoms with Crippen LogP contribution in [0.4, 0.5) is 0 Å². The molecule has 0 amide bonds. The Kier molecular flexibility index (Phi) is 3.65. The van der Waals surface area contributed by atoms with Gasteiger partial charge in [0.25, 0.3) is 0 Å². The van der Waals surface area contributed by atoms with Crippen LogP contribution in [-0.4, -0.2) is 17.8 Å². The predicted molar refractivity (Wildman–Crippen MR) is 29.9 cm³/mol. The highest BCUT2D eigenvalue weighted by atomic mass is 16.3. The number of aliphatic hydroxyl groups excluding tert-OH is 1.